The van der Waals surface area contributed by atoms with Crippen LogP contribution in [-0.4, -0.2) is 16.7 Å². The van der Waals surface area contributed by atoms with E-state index in [0.717, 1.165) is 6.32 Å². The molecule has 4 nitrogen and oxygen atoms in total. The van der Waals surface area contributed by atoms with E-state index in [-0.39, 0.29) is 9.63 Å². The van der Waals surface area contributed by atoms with Crippen molar-refractivity contribution in [2.24, 2.45) is 0 Å². The van der Waals surface area contributed by atoms with Gasteiger partial charge in [-0.25, -0.2) is 0 Å². The Kier molecular flexibility index (Phi) is 5.59. The van der Waals surface area contributed by atoms with Gasteiger partial charge in [-0.05, 0) is 24.5 Å². The summed E-state index contributed by atoms with van der Waals surface area (Å²) < 4.78 is 15.8. The second-order valence-corrected chi connectivity index (χ2v) is 7.25. The minimum absolute atomic E-state index is 0.0966. The highest BCUT2D eigenvalue weighted by Gasteiger charge is 2.16. The number of carbonyl (C=O) groups excluding carboxylic acids is 1. The zero-order chi connectivity index (χ0) is 13.7. The molecule has 0 saturated heterocycles. The van der Waals surface area contributed by atoms with Crippen LogP contribution < -0.4 is 9.47 Å². The number of carbonyl (C=O) groups is 1. The van der Waals surface area contributed by atoms with Crippen LogP contribution in [-0.2, 0) is 4.18 Å². The molecule has 0 atom stereocenters. The van der Waals surface area contributed by atoms with Gasteiger partial charge in [-0.1, -0.05) is 11.9 Å². The number of halogens is 1. The van der Waals surface area contributed by atoms with E-state index in [1.54, 1.807) is 25.3 Å². The third-order valence-electron chi connectivity index (χ3n) is 2.51. The average molecular weight is 390 g/mol. The van der Waals surface area contributed by atoms with Crippen molar-refractivity contribution in [1.82, 2.24) is 0 Å². The van der Waals surface area contributed by atoms with Gasteiger partial charge in [0, 0.05) is 19.1 Å². The standard InChI is InChI=1S/C12H12BIO4S/c1-16-19-13(14)5-4-10(15)9-2-3-11-12(8-9)18-7-6-17-11/h2-3,6-8H,4-5H2,1H3. The van der Waals surface area contributed by atoms with Crippen LogP contribution in [0, 0.1) is 0 Å². The Morgan fingerprint density at radius 3 is 2.84 bits per heavy atom. The Morgan fingerprint density at radius 2 is 2.11 bits per heavy atom. The molecule has 0 radical (unpaired) electrons. The van der Waals surface area contributed by atoms with Crippen LogP contribution in [0.2, 0.25) is 6.32 Å². The quantitative estimate of drug-likeness (QED) is 0.321. The molecule has 0 bridgehead atoms. The first-order valence-corrected chi connectivity index (χ1v) is 7.75. The van der Waals surface area contributed by atoms with Gasteiger partial charge in [-0.2, -0.15) is 0 Å². The second-order valence-electron chi connectivity index (χ2n) is 3.80. The summed E-state index contributed by atoms with van der Waals surface area (Å²) in [6, 6.07) is 5.22. The Bertz CT molecular complexity index is 495. The molecule has 19 heavy (non-hydrogen) atoms. The van der Waals surface area contributed by atoms with Crippen molar-refractivity contribution in [3.63, 3.8) is 0 Å². The summed E-state index contributed by atoms with van der Waals surface area (Å²) in [6.07, 6.45) is 4.17. The number of ketones is 1. The second kappa shape index (κ2) is 7.21. The van der Waals surface area contributed by atoms with Gasteiger partial charge in [-0.3, -0.25) is 4.79 Å². The molecule has 0 N–H and O–H groups in total. The van der Waals surface area contributed by atoms with E-state index in [4.69, 9.17) is 13.7 Å². The molecule has 7 heteroatoms. The largest absolute Gasteiger partial charge is 0.458 e. The van der Waals surface area contributed by atoms with E-state index >= 15 is 0 Å². The summed E-state index contributed by atoms with van der Waals surface area (Å²) in [7, 11) is 1.63. The lowest BCUT2D eigenvalue weighted by atomic mass is 9.95. The molecule has 1 heterocycles. The molecule has 1 aliphatic rings. The normalized spacial score (nSPS) is 12.3. The Balaban J connectivity index is 1.96. The van der Waals surface area contributed by atoms with Gasteiger partial charge in [0.15, 0.2) is 17.3 Å². The number of hydrogen-bond acceptors (Lipinski definition) is 5. The maximum absolute atomic E-state index is 12.1. The van der Waals surface area contributed by atoms with E-state index in [2.05, 4.69) is 22.4 Å². The lowest BCUT2D eigenvalue weighted by molar-refractivity contribution is 0.0988. The molecule has 1 aromatic carbocycles. The topological polar surface area (TPSA) is 44.8 Å². The van der Waals surface area contributed by atoms with E-state index in [9.17, 15) is 4.79 Å². The molecule has 0 unspecified atom stereocenters. The SMILES string of the molecule is COSB(I)CCC(=O)c1ccc2c(c1)OC=CO2. The summed E-state index contributed by atoms with van der Waals surface area (Å²) in [5.41, 5.74) is 0.642. The molecule has 0 aliphatic carbocycles. The fourth-order valence-corrected chi connectivity index (χ4v) is 2.97. The van der Waals surface area contributed by atoms with Gasteiger partial charge >= 0.3 is 3.85 Å². The molecule has 100 valence electrons. The minimum atomic E-state index is 0.0966. The maximum atomic E-state index is 12.1. The van der Waals surface area contributed by atoms with Crippen LogP contribution in [0.4, 0.5) is 0 Å². The Labute approximate surface area is 129 Å². The highest BCUT2D eigenvalue weighted by Crippen LogP contribution is 2.31. The van der Waals surface area contributed by atoms with E-state index < -0.39 is 0 Å². The van der Waals surface area contributed by atoms with Gasteiger partial charge in [0.1, 0.15) is 12.5 Å². The Hall–Kier alpha value is -0.665. The van der Waals surface area contributed by atoms with Crippen LogP contribution in [0.5, 0.6) is 11.5 Å². The van der Waals surface area contributed by atoms with Crippen molar-refractivity contribution in [2.45, 2.75) is 12.7 Å². The van der Waals surface area contributed by atoms with Gasteiger partial charge in [-0.15, -0.1) is 22.4 Å². The number of fused-ring (bicyclic) bond motifs is 1. The molecular weight excluding hydrogens is 378 g/mol. The molecule has 1 aliphatic heterocycles. The molecule has 0 saturated carbocycles. The molecular formula is C12H12BIO4S. The number of rotatable bonds is 6. The first kappa shape index (κ1) is 14.7. The highest BCUT2D eigenvalue weighted by atomic mass is 127. The van der Waals surface area contributed by atoms with E-state index in [1.807, 2.05) is 0 Å². The molecule has 2 rings (SSSR count). The van der Waals surface area contributed by atoms with Crippen LogP contribution in [0.15, 0.2) is 30.7 Å². The fourth-order valence-electron chi connectivity index (χ4n) is 1.61. The third kappa shape index (κ3) is 4.15. The lowest BCUT2D eigenvalue weighted by Gasteiger charge is -2.13. The molecule has 0 amide bonds. The first-order chi connectivity index (χ1) is 9.20. The van der Waals surface area contributed by atoms with Gasteiger partial charge < -0.3 is 13.7 Å². The van der Waals surface area contributed by atoms with Crippen molar-refractivity contribution in [3.8, 4) is 11.5 Å². The third-order valence-corrected chi connectivity index (χ3v) is 4.39. The highest BCUT2D eigenvalue weighted by molar-refractivity contribution is 14.1. The average Bonchev–Trinajstić information content (AvgIpc) is 2.44. The number of ether oxygens (including phenoxy) is 2. The fraction of sp³-hybridized carbons (Fsp3) is 0.250. The predicted octanol–water partition coefficient (Wildman–Crippen LogP) is 3.72. The maximum Gasteiger partial charge on any atom is 0.317 e. The van der Waals surface area contributed by atoms with E-state index in [1.165, 1.54) is 24.4 Å². The van der Waals surface area contributed by atoms with Gasteiger partial charge in [0.05, 0.1) is 0 Å². The molecule has 1 aromatic rings. The lowest BCUT2D eigenvalue weighted by Crippen LogP contribution is -2.05. The number of benzene rings is 1. The zero-order valence-electron chi connectivity index (χ0n) is 10.3. The molecule has 0 aromatic heterocycles. The van der Waals surface area contributed by atoms with Crippen LogP contribution in [0.3, 0.4) is 0 Å². The van der Waals surface area contributed by atoms with Crippen LogP contribution in [0.1, 0.15) is 16.8 Å². The summed E-state index contributed by atoms with van der Waals surface area (Å²) in [5, 5.41) is 0. The van der Waals surface area contributed by atoms with Crippen LogP contribution in [0.25, 0.3) is 0 Å². The van der Waals surface area contributed by atoms with Crippen LogP contribution >= 0.6 is 34.3 Å². The summed E-state index contributed by atoms with van der Waals surface area (Å²) >= 11 is 3.63. The van der Waals surface area contributed by atoms with Crippen molar-refractivity contribution in [2.75, 3.05) is 7.11 Å². The monoisotopic (exact) mass is 390 g/mol. The van der Waals surface area contributed by atoms with Crippen molar-refractivity contribution < 1.29 is 18.5 Å². The minimum Gasteiger partial charge on any atom is -0.458 e. The number of hydrogen-bond donors (Lipinski definition) is 0. The zero-order valence-corrected chi connectivity index (χ0v) is 13.3. The number of Topliss-reactive ketones (excluding diaryl/α,β-unsaturated/α-hetero) is 1. The smallest absolute Gasteiger partial charge is 0.317 e. The van der Waals surface area contributed by atoms with Gasteiger partial charge in [0.2, 0.25) is 0 Å². The predicted molar refractivity (Wildman–Crippen MR) is 85.0 cm³/mol. The molecule has 0 fully saturated rings. The molecule has 0 spiro atoms. The van der Waals surface area contributed by atoms with E-state index in [0.29, 0.717) is 23.5 Å². The summed E-state index contributed by atoms with van der Waals surface area (Å²) in [4.78, 5) is 12.1. The summed E-state index contributed by atoms with van der Waals surface area (Å²) in [5.74, 6) is 1.30. The van der Waals surface area contributed by atoms with Crippen molar-refractivity contribution >= 4 is 43.9 Å². The van der Waals surface area contributed by atoms with Crippen molar-refractivity contribution in [3.05, 3.63) is 36.3 Å². The first-order valence-electron chi connectivity index (χ1n) is 5.70. The van der Waals surface area contributed by atoms with Crippen molar-refractivity contribution in [1.29, 1.82) is 0 Å². The summed E-state index contributed by atoms with van der Waals surface area (Å²) in [6.45, 7) is 0. The van der Waals surface area contributed by atoms with Gasteiger partial charge in [0.25, 0.3) is 0 Å². The Morgan fingerprint density at radius 1 is 1.37 bits per heavy atom.